The maximum atomic E-state index is 12.3. The van der Waals surface area contributed by atoms with Crippen molar-refractivity contribution in [2.75, 3.05) is 13.2 Å². The average molecular weight is 382 g/mol. The van der Waals surface area contributed by atoms with Crippen molar-refractivity contribution in [1.82, 2.24) is 4.90 Å². The molecule has 1 heterocycles. The van der Waals surface area contributed by atoms with Gasteiger partial charge in [-0.2, -0.15) is 0 Å². The smallest absolute Gasteiger partial charge is 0.338 e. The molecule has 1 aliphatic rings. The number of nitrogens with zero attached hydrogens (tertiary/aromatic N) is 1. The zero-order valence-electron chi connectivity index (χ0n) is 15.4. The summed E-state index contributed by atoms with van der Waals surface area (Å²) in [6.45, 7) is 0.0143. The Hall–Kier alpha value is -3.35. The minimum Gasteiger partial charge on any atom is -0.457 e. The van der Waals surface area contributed by atoms with E-state index < -0.39 is 30.4 Å². The Morgan fingerprint density at radius 1 is 0.964 bits per heavy atom. The quantitative estimate of drug-likeness (QED) is 0.774. The number of amides is 2. The van der Waals surface area contributed by atoms with Gasteiger partial charge in [0.25, 0.3) is 5.91 Å². The number of primary amides is 1. The molecule has 1 aliphatic heterocycles. The van der Waals surface area contributed by atoms with Crippen LogP contribution in [0.3, 0.4) is 0 Å². The van der Waals surface area contributed by atoms with Crippen molar-refractivity contribution in [3.63, 3.8) is 0 Å². The molecule has 2 aromatic rings. The Morgan fingerprint density at radius 2 is 1.64 bits per heavy atom. The van der Waals surface area contributed by atoms with E-state index in [0.29, 0.717) is 30.0 Å². The lowest BCUT2D eigenvalue weighted by atomic mass is 10.0. The molecule has 0 bridgehead atoms. The highest BCUT2D eigenvalue weighted by molar-refractivity contribution is 5.92. The summed E-state index contributed by atoms with van der Waals surface area (Å²) in [5, 5.41) is 0. The van der Waals surface area contributed by atoms with Crippen molar-refractivity contribution >= 4 is 17.8 Å². The Labute approximate surface area is 163 Å². The second-order valence-corrected chi connectivity index (χ2v) is 6.52. The van der Waals surface area contributed by atoms with Crippen LogP contribution in [0.2, 0.25) is 0 Å². The largest absolute Gasteiger partial charge is 0.457 e. The van der Waals surface area contributed by atoms with Crippen LogP contribution in [0, 0.1) is 0 Å². The van der Waals surface area contributed by atoms with Crippen LogP contribution in [-0.2, 0) is 14.3 Å². The number of para-hydroxylation sites is 1. The molecule has 7 heteroatoms. The lowest BCUT2D eigenvalue weighted by Gasteiger charge is -2.33. The van der Waals surface area contributed by atoms with Crippen molar-refractivity contribution in [3.05, 3.63) is 60.2 Å². The number of esters is 1. The maximum Gasteiger partial charge on any atom is 0.338 e. The number of benzene rings is 2. The third-order valence-electron chi connectivity index (χ3n) is 4.55. The monoisotopic (exact) mass is 382 g/mol. The van der Waals surface area contributed by atoms with Crippen LogP contribution in [0.15, 0.2) is 54.6 Å². The Bertz CT molecular complexity index is 836. The molecule has 146 valence electrons. The lowest BCUT2D eigenvalue weighted by molar-refractivity contribution is -0.143. The van der Waals surface area contributed by atoms with E-state index in [1.54, 1.807) is 24.3 Å². The Morgan fingerprint density at radius 3 is 2.32 bits per heavy atom. The third-order valence-corrected chi connectivity index (χ3v) is 4.55. The summed E-state index contributed by atoms with van der Waals surface area (Å²) in [6, 6.07) is 15.1. The van der Waals surface area contributed by atoms with E-state index in [-0.39, 0.29) is 0 Å². The predicted molar refractivity (Wildman–Crippen MR) is 102 cm³/mol. The summed E-state index contributed by atoms with van der Waals surface area (Å²) in [5.41, 5.74) is 5.66. The first-order chi connectivity index (χ1) is 13.5. The normalized spacial score (nSPS) is 16.3. The number of carbonyl (C=O) groups is 3. The van der Waals surface area contributed by atoms with Crippen molar-refractivity contribution in [2.24, 2.45) is 5.73 Å². The fourth-order valence-electron chi connectivity index (χ4n) is 3.10. The molecule has 2 N–H and O–H groups in total. The van der Waals surface area contributed by atoms with Gasteiger partial charge in [-0.05, 0) is 55.7 Å². The number of carbonyl (C=O) groups excluding carboxylic acids is 3. The molecule has 3 rings (SSSR count). The minimum absolute atomic E-state index is 0.304. The average Bonchev–Trinajstić information content (AvgIpc) is 2.73. The molecule has 1 atom stereocenters. The van der Waals surface area contributed by atoms with Gasteiger partial charge in [0.2, 0.25) is 5.91 Å². The fourth-order valence-corrected chi connectivity index (χ4v) is 3.10. The van der Waals surface area contributed by atoms with E-state index in [4.69, 9.17) is 15.2 Å². The van der Waals surface area contributed by atoms with Gasteiger partial charge in [0, 0.05) is 6.54 Å². The van der Waals surface area contributed by atoms with E-state index >= 15 is 0 Å². The van der Waals surface area contributed by atoms with Gasteiger partial charge in [-0.15, -0.1) is 0 Å². The molecule has 0 aliphatic carbocycles. The molecule has 1 fully saturated rings. The van der Waals surface area contributed by atoms with Gasteiger partial charge in [-0.1, -0.05) is 18.2 Å². The van der Waals surface area contributed by atoms with E-state index in [2.05, 4.69) is 0 Å². The number of hydrogen-bond donors (Lipinski definition) is 1. The first-order valence-electron chi connectivity index (χ1n) is 9.13. The van der Waals surface area contributed by atoms with E-state index in [0.717, 1.165) is 12.8 Å². The number of likely N-dealkylation sites (tertiary alicyclic amines) is 1. The molecular weight excluding hydrogens is 360 g/mol. The molecule has 0 unspecified atom stereocenters. The summed E-state index contributed by atoms with van der Waals surface area (Å²) >= 11 is 0. The lowest BCUT2D eigenvalue weighted by Crippen LogP contribution is -2.51. The van der Waals surface area contributed by atoms with Crippen molar-refractivity contribution in [1.29, 1.82) is 0 Å². The molecule has 2 amide bonds. The molecule has 0 saturated carbocycles. The number of piperidine rings is 1. The summed E-state index contributed by atoms with van der Waals surface area (Å²) in [6.07, 6.45) is 2.18. The first-order valence-corrected chi connectivity index (χ1v) is 9.13. The molecule has 7 nitrogen and oxygen atoms in total. The molecule has 0 spiro atoms. The van der Waals surface area contributed by atoms with Crippen LogP contribution < -0.4 is 10.5 Å². The van der Waals surface area contributed by atoms with Gasteiger partial charge in [-0.3, -0.25) is 9.59 Å². The summed E-state index contributed by atoms with van der Waals surface area (Å²) in [4.78, 5) is 37.4. The molecule has 28 heavy (non-hydrogen) atoms. The maximum absolute atomic E-state index is 12.3. The van der Waals surface area contributed by atoms with Crippen LogP contribution in [0.4, 0.5) is 0 Å². The Balaban J connectivity index is 1.54. The van der Waals surface area contributed by atoms with Gasteiger partial charge >= 0.3 is 5.97 Å². The fraction of sp³-hybridized carbons (Fsp3) is 0.286. The van der Waals surface area contributed by atoms with Crippen molar-refractivity contribution in [2.45, 2.75) is 25.3 Å². The molecule has 2 aromatic carbocycles. The zero-order chi connectivity index (χ0) is 19.9. The van der Waals surface area contributed by atoms with E-state index in [9.17, 15) is 14.4 Å². The first kappa shape index (κ1) is 19.4. The van der Waals surface area contributed by atoms with Crippen LogP contribution in [0.1, 0.15) is 29.6 Å². The molecule has 0 radical (unpaired) electrons. The van der Waals surface area contributed by atoms with E-state index in [1.165, 1.54) is 4.90 Å². The summed E-state index contributed by atoms with van der Waals surface area (Å²) < 4.78 is 10.8. The van der Waals surface area contributed by atoms with Gasteiger partial charge in [-0.25, -0.2) is 4.79 Å². The number of nitrogens with two attached hydrogens (primary N) is 1. The summed E-state index contributed by atoms with van der Waals surface area (Å²) in [7, 11) is 0. The minimum atomic E-state index is -0.630. The Kier molecular flexibility index (Phi) is 6.26. The van der Waals surface area contributed by atoms with Crippen LogP contribution in [0.5, 0.6) is 11.5 Å². The highest BCUT2D eigenvalue weighted by Crippen LogP contribution is 2.21. The zero-order valence-corrected chi connectivity index (χ0v) is 15.4. The standard InChI is InChI=1S/C21H22N2O5/c22-20(25)18-8-4-5-13-23(18)19(24)14-27-21(26)15-9-11-17(12-10-15)28-16-6-2-1-3-7-16/h1-3,6-7,9-12,18H,4-5,8,13-14H2,(H2,22,25)/t18-/m1/s1. The van der Waals surface area contributed by atoms with Crippen molar-refractivity contribution < 1.29 is 23.9 Å². The van der Waals surface area contributed by atoms with Gasteiger partial charge in [0.05, 0.1) is 5.56 Å². The molecular formula is C21H22N2O5. The topological polar surface area (TPSA) is 98.9 Å². The van der Waals surface area contributed by atoms with Crippen LogP contribution >= 0.6 is 0 Å². The number of rotatable bonds is 6. The second-order valence-electron chi connectivity index (χ2n) is 6.52. The number of hydrogen-bond acceptors (Lipinski definition) is 5. The highest BCUT2D eigenvalue weighted by Gasteiger charge is 2.31. The van der Waals surface area contributed by atoms with E-state index in [1.807, 2.05) is 30.3 Å². The summed E-state index contributed by atoms with van der Waals surface area (Å²) in [5.74, 6) is -0.299. The third kappa shape index (κ3) is 4.88. The van der Waals surface area contributed by atoms with Crippen molar-refractivity contribution in [3.8, 4) is 11.5 Å². The van der Waals surface area contributed by atoms with Gasteiger partial charge in [0.15, 0.2) is 6.61 Å². The number of ether oxygens (including phenoxy) is 2. The van der Waals surface area contributed by atoms with Crippen LogP contribution in [-0.4, -0.2) is 41.9 Å². The van der Waals surface area contributed by atoms with Gasteiger partial charge in [0.1, 0.15) is 17.5 Å². The second kappa shape index (κ2) is 9.03. The molecule has 0 aromatic heterocycles. The van der Waals surface area contributed by atoms with Crippen LogP contribution in [0.25, 0.3) is 0 Å². The predicted octanol–water partition coefficient (Wildman–Crippen LogP) is 2.50. The molecule has 1 saturated heterocycles. The van der Waals surface area contributed by atoms with Gasteiger partial charge < -0.3 is 20.1 Å². The SMILES string of the molecule is NC(=O)[C@H]1CCCCN1C(=O)COC(=O)c1ccc(Oc2ccccc2)cc1. The highest BCUT2D eigenvalue weighted by atomic mass is 16.5.